The highest BCUT2D eigenvalue weighted by molar-refractivity contribution is 6.29. The molecule has 0 aliphatic heterocycles. The van der Waals surface area contributed by atoms with E-state index in [1.54, 1.807) is 6.07 Å². The standard InChI is InChI=1S/C13H15ClN4/c1-2-18(9-11-5-7-15-8-6-11)10-12-3-4-13(14)17-16-12/h3-8H,2,9-10H2,1H3. The van der Waals surface area contributed by atoms with E-state index >= 15 is 0 Å². The van der Waals surface area contributed by atoms with Crippen molar-refractivity contribution in [2.75, 3.05) is 6.54 Å². The Labute approximate surface area is 112 Å². The Morgan fingerprint density at radius 3 is 2.44 bits per heavy atom. The molecule has 0 spiro atoms. The Balaban J connectivity index is 1.99. The van der Waals surface area contributed by atoms with E-state index in [9.17, 15) is 0 Å². The molecule has 2 rings (SSSR count). The van der Waals surface area contributed by atoms with Gasteiger partial charge in [-0.1, -0.05) is 18.5 Å². The van der Waals surface area contributed by atoms with Gasteiger partial charge in [0.25, 0.3) is 0 Å². The third kappa shape index (κ3) is 3.75. The Morgan fingerprint density at radius 1 is 1.06 bits per heavy atom. The number of rotatable bonds is 5. The molecule has 0 amide bonds. The molecule has 0 aliphatic rings. The van der Waals surface area contributed by atoms with E-state index < -0.39 is 0 Å². The lowest BCUT2D eigenvalue weighted by Gasteiger charge is -2.19. The van der Waals surface area contributed by atoms with Gasteiger partial charge in [-0.25, -0.2) is 0 Å². The number of aromatic nitrogens is 3. The Morgan fingerprint density at radius 2 is 1.83 bits per heavy atom. The Kier molecular flexibility index (Phi) is 4.61. The van der Waals surface area contributed by atoms with Crippen LogP contribution in [0.5, 0.6) is 0 Å². The van der Waals surface area contributed by atoms with Crippen LogP contribution in [0.15, 0.2) is 36.7 Å². The largest absolute Gasteiger partial charge is 0.293 e. The molecule has 5 heteroatoms. The topological polar surface area (TPSA) is 41.9 Å². The quantitative estimate of drug-likeness (QED) is 0.831. The van der Waals surface area contributed by atoms with Crippen LogP contribution in [0.3, 0.4) is 0 Å². The van der Waals surface area contributed by atoms with E-state index in [2.05, 4.69) is 27.0 Å². The minimum atomic E-state index is 0.427. The smallest absolute Gasteiger partial charge is 0.151 e. The van der Waals surface area contributed by atoms with Crippen LogP contribution < -0.4 is 0 Å². The molecule has 0 radical (unpaired) electrons. The fourth-order valence-corrected chi connectivity index (χ4v) is 1.78. The molecule has 2 aromatic rings. The molecule has 0 N–H and O–H groups in total. The first-order chi connectivity index (χ1) is 8.78. The molecule has 0 atom stereocenters. The van der Waals surface area contributed by atoms with Crippen LogP contribution in [0.25, 0.3) is 0 Å². The van der Waals surface area contributed by atoms with Gasteiger partial charge < -0.3 is 0 Å². The summed E-state index contributed by atoms with van der Waals surface area (Å²) in [6.45, 7) is 4.73. The molecule has 94 valence electrons. The maximum Gasteiger partial charge on any atom is 0.151 e. The van der Waals surface area contributed by atoms with Crippen molar-refractivity contribution in [2.24, 2.45) is 0 Å². The normalized spacial score (nSPS) is 10.8. The molecule has 0 aliphatic carbocycles. The van der Waals surface area contributed by atoms with Gasteiger partial charge in [0.1, 0.15) is 0 Å². The maximum absolute atomic E-state index is 5.72. The average Bonchev–Trinajstić information content (AvgIpc) is 2.41. The summed E-state index contributed by atoms with van der Waals surface area (Å²) < 4.78 is 0. The summed E-state index contributed by atoms with van der Waals surface area (Å²) in [6, 6.07) is 7.72. The number of pyridine rings is 1. The second-order valence-electron chi connectivity index (χ2n) is 4.01. The summed E-state index contributed by atoms with van der Waals surface area (Å²) in [5.41, 5.74) is 2.17. The third-order valence-electron chi connectivity index (χ3n) is 2.68. The minimum Gasteiger partial charge on any atom is -0.293 e. The van der Waals surface area contributed by atoms with E-state index in [-0.39, 0.29) is 0 Å². The second kappa shape index (κ2) is 6.42. The Bertz CT molecular complexity index is 472. The van der Waals surface area contributed by atoms with Crippen LogP contribution in [0.4, 0.5) is 0 Å². The molecule has 0 bridgehead atoms. The first-order valence-corrected chi connectivity index (χ1v) is 6.25. The number of hydrogen-bond donors (Lipinski definition) is 0. The van der Waals surface area contributed by atoms with Gasteiger partial charge in [-0.05, 0) is 36.4 Å². The lowest BCUT2D eigenvalue weighted by Crippen LogP contribution is -2.23. The molecular formula is C13H15ClN4. The van der Waals surface area contributed by atoms with Crippen molar-refractivity contribution in [3.8, 4) is 0 Å². The van der Waals surface area contributed by atoms with Crippen molar-refractivity contribution in [1.29, 1.82) is 0 Å². The Hall–Kier alpha value is -1.52. The van der Waals surface area contributed by atoms with Crippen LogP contribution in [-0.2, 0) is 13.1 Å². The zero-order valence-electron chi connectivity index (χ0n) is 10.3. The highest BCUT2D eigenvalue weighted by atomic mass is 35.5. The summed E-state index contributed by atoms with van der Waals surface area (Å²) in [6.07, 6.45) is 3.62. The highest BCUT2D eigenvalue weighted by Crippen LogP contribution is 2.08. The zero-order chi connectivity index (χ0) is 12.8. The molecule has 0 unspecified atom stereocenters. The van der Waals surface area contributed by atoms with Crippen LogP contribution in [0.2, 0.25) is 5.15 Å². The second-order valence-corrected chi connectivity index (χ2v) is 4.39. The fourth-order valence-electron chi connectivity index (χ4n) is 1.68. The lowest BCUT2D eigenvalue weighted by atomic mass is 10.2. The van der Waals surface area contributed by atoms with Gasteiger partial charge in [-0.15, -0.1) is 5.10 Å². The van der Waals surface area contributed by atoms with E-state index in [1.165, 1.54) is 5.56 Å². The van der Waals surface area contributed by atoms with Gasteiger partial charge in [0, 0.05) is 25.5 Å². The van der Waals surface area contributed by atoms with Crippen LogP contribution in [0, 0.1) is 0 Å². The van der Waals surface area contributed by atoms with Gasteiger partial charge in [0.15, 0.2) is 5.15 Å². The summed E-state index contributed by atoms with van der Waals surface area (Å²) in [4.78, 5) is 6.30. The molecule has 0 saturated carbocycles. The van der Waals surface area contributed by atoms with Gasteiger partial charge in [0.2, 0.25) is 0 Å². The van der Waals surface area contributed by atoms with Crippen LogP contribution in [0.1, 0.15) is 18.2 Å². The van der Waals surface area contributed by atoms with E-state index in [0.717, 1.165) is 25.3 Å². The molecule has 18 heavy (non-hydrogen) atoms. The van der Waals surface area contributed by atoms with Gasteiger partial charge in [-0.2, -0.15) is 5.10 Å². The monoisotopic (exact) mass is 262 g/mol. The van der Waals surface area contributed by atoms with Gasteiger partial charge in [-0.3, -0.25) is 9.88 Å². The molecular weight excluding hydrogens is 248 g/mol. The van der Waals surface area contributed by atoms with Gasteiger partial charge in [0.05, 0.1) is 5.69 Å². The average molecular weight is 263 g/mol. The molecule has 0 fully saturated rings. The maximum atomic E-state index is 5.72. The number of halogens is 1. The molecule has 0 saturated heterocycles. The highest BCUT2D eigenvalue weighted by Gasteiger charge is 2.06. The summed E-state index contributed by atoms with van der Waals surface area (Å²) in [5, 5.41) is 8.35. The van der Waals surface area contributed by atoms with E-state index in [1.807, 2.05) is 30.6 Å². The molecule has 2 heterocycles. The number of hydrogen-bond acceptors (Lipinski definition) is 4. The first kappa shape index (κ1) is 12.9. The summed E-state index contributed by atoms with van der Waals surface area (Å²) in [5.74, 6) is 0. The predicted octanol–water partition coefficient (Wildman–Crippen LogP) is 2.55. The van der Waals surface area contributed by atoms with Crippen LogP contribution >= 0.6 is 11.6 Å². The third-order valence-corrected chi connectivity index (χ3v) is 2.88. The van der Waals surface area contributed by atoms with Crippen molar-refractivity contribution in [2.45, 2.75) is 20.0 Å². The first-order valence-electron chi connectivity index (χ1n) is 5.87. The van der Waals surface area contributed by atoms with E-state index in [0.29, 0.717) is 5.15 Å². The van der Waals surface area contributed by atoms with E-state index in [4.69, 9.17) is 11.6 Å². The lowest BCUT2D eigenvalue weighted by molar-refractivity contribution is 0.267. The predicted molar refractivity (Wildman–Crippen MR) is 71.1 cm³/mol. The number of nitrogens with zero attached hydrogens (tertiary/aromatic N) is 4. The summed E-state index contributed by atoms with van der Waals surface area (Å²) >= 11 is 5.72. The fraction of sp³-hybridized carbons (Fsp3) is 0.308. The van der Waals surface area contributed by atoms with Gasteiger partial charge >= 0.3 is 0 Å². The minimum absolute atomic E-state index is 0.427. The molecule has 0 aromatic carbocycles. The molecule has 2 aromatic heterocycles. The zero-order valence-corrected chi connectivity index (χ0v) is 11.0. The van der Waals surface area contributed by atoms with Crippen molar-refractivity contribution in [3.05, 3.63) is 53.1 Å². The molecule has 4 nitrogen and oxygen atoms in total. The van der Waals surface area contributed by atoms with Crippen LogP contribution in [-0.4, -0.2) is 26.6 Å². The van der Waals surface area contributed by atoms with Crippen molar-refractivity contribution in [1.82, 2.24) is 20.1 Å². The van der Waals surface area contributed by atoms with Crippen molar-refractivity contribution < 1.29 is 0 Å². The SMILES string of the molecule is CCN(Cc1ccncc1)Cc1ccc(Cl)nn1. The summed E-state index contributed by atoms with van der Waals surface area (Å²) in [7, 11) is 0. The van der Waals surface area contributed by atoms with Crippen molar-refractivity contribution in [3.63, 3.8) is 0 Å². The van der Waals surface area contributed by atoms with Crippen molar-refractivity contribution >= 4 is 11.6 Å².